The maximum atomic E-state index is 11.9. The van der Waals surface area contributed by atoms with E-state index in [1.165, 1.54) is 18.2 Å². The second-order valence-electron chi connectivity index (χ2n) is 4.91. The predicted molar refractivity (Wildman–Crippen MR) is 68.2 cm³/mol. The van der Waals surface area contributed by atoms with E-state index in [1.54, 1.807) is 13.8 Å². The van der Waals surface area contributed by atoms with Crippen LogP contribution in [0.5, 0.6) is 11.5 Å². The van der Waals surface area contributed by atoms with E-state index in [2.05, 4.69) is 5.32 Å². The summed E-state index contributed by atoms with van der Waals surface area (Å²) in [5.74, 6) is -2.38. The van der Waals surface area contributed by atoms with Gasteiger partial charge >= 0.3 is 5.97 Å². The Morgan fingerprint density at radius 2 is 1.89 bits per heavy atom. The number of aromatic hydroxyl groups is 2. The van der Waals surface area contributed by atoms with E-state index in [0.29, 0.717) is 0 Å². The van der Waals surface area contributed by atoms with Gasteiger partial charge in [0.2, 0.25) is 0 Å². The number of carboxylic acids is 1. The standard InChI is InChI=1S/C13H17NO5/c1-13(2,7-6-10(16)17)14-12(19)8-4-3-5-9(15)11(8)18/h3-5,15,18H,6-7H2,1-2H3,(H,14,19)(H,16,17). The van der Waals surface area contributed by atoms with Crippen LogP contribution < -0.4 is 5.32 Å². The van der Waals surface area contributed by atoms with E-state index >= 15 is 0 Å². The first kappa shape index (κ1) is 14.8. The van der Waals surface area contributed by atoms with Crippen LogP contribution in [-0.4, -0.2) is 32.7 Å². The minimum absolute atomic E-state index is 0.0524. The summed E-state index contributed by atoms with van der Waals surface area (Å²) in [7, 11) is 0. The fraction of sp³-hybridized carbons (Fsp3) is 0.385. The molecule has 1 rings (SSSR count). The first-order chi connectivity index (χ1) is 8.73. The van der Waals surface area contributed by atoms with Crippen molar-refractivity contribution in [3.05, 3.63) is 23.8 Å². The monoisotopic (exact) mass is 267 g/mol. The zero-order chi connectivity index (χ0) is 14.6. The minimum atomic E-state index is -0.942. The van der Waals surface area contributed by atoms with Gasteiger partial charge in [0, 0.05) is 12.0 Å². The molecular weight excluding hydrogens is 250 g/mol. The minimum Gasteiger partial charge on any atom is -0.504 e. The maximum Gasteiger partial charge on any atom is 0.303 e. The number of aliphatic carboxylic acids is 1. The van der Waals surface area contributed by atoms with E-state index in [0.717, 1.165) is 0 Å². The Morgan fingerprint density at radius 3 is 2.47 bits per heavy atom. The van der Waals surface area contributed by atoms with Crippen LogP contribution in [0.15, 0.2) is 18.2 Å². The number of benzene rings is 1. The second-order valence-corrected chi connectivity index (χ2v) is 4.91. The first-order valence-electron chi connectivity index (χ1n) is 5.78. The highest BCUT2D eigenvalue weighted by atomic mass is 16.4. The van der Waals surface area contributed by atoms with E-state index < -0.39 is 23.2 Å². The third-order valence-corrected chi connectivity index (χ3v) is 2.68. The molecule has 0 aromatic heterocycles. The van der Waals surface area contributed by atoms with Gasteiger partial charge in [0.1, 0.15) is 0 Å². The number of para-hydroxylation sites is 1. The lowest BCUT2D eigenvalue weighted by molar-refractivity contribution is -0.137. The number of phenols is 2. The third-order valence-electron chi connectivity index (χ3n) is 2.68. The van der Waals surface area contributed by atoms with Gasteiger partial charge in [-0.25, -0.2) is 0 Å². The summed E-state index contributed by atoms with van der Waals surface area (Å²) < 4.78 is 0. The van der Waals surface area contributed by atoms with E-state index in [4.69, 9.17) is 5.11 Å². The number of carbonyl (C=O) groups is 2. The van der Waals surface area contributed by atoms with Crippen LogP contribution in [0.2, 0.25) is 0 Å². The fourth-order valence-electron chi connectivity index (χ4n) is 1.57. The van der Waals surface area contributed by atoms with Gasteiger partial charge in [0.15, 0.2) is 11.5 Å². The normalized spacial score (nSPS) is 11.1. The molecule has 0 saturated carbocycles. The summed E-state index contributed by atoms with van der Waals surface area (Å²) in [5, 5.41) is 30.1. The summed E-state index contributed by atoms with van der Waals surface area (Å²) in [6.07, 6.45) is 0.187. The van der Waals surface area contributed by atoms with Gasteiger partial charge in [-0.1, -0.05) is 6.07 Å². The number of hydrogen-bond donors (Lipinski definition) is 4. The highest BCUT2D eigenvalue weighted by molar-refractivity contribution is 5.98. The summed E-state index contributed by atoms with van der Waals surface area (Å²) in [6.45, 7) is 3.38. The van der Waals surface area contributed by atoms with Crippen molar-refractivity contribution in [3.63, 3.8) is 0 Å². The molecule has 104 valence electrons. The lowest BCUT2D eigenvalue weighted by Gasteiger charge is -2.25. The van der Waals surface area contributed by atoms with Crippen LogP contribution in [0.4, 0.5) is 0 Å². The van der Waals surface area contributed by atoms with Crippen LogP contribution in [0.25, 0.3) is 0 Å². The average molecular weight is 267 g/mol. The molecule has 19 heavy (non-hydrogen) atoms. The van der Waals surface area contributed by atoms with Crippen LogP contribution in [0.1, 0.15) is 37.0 Å². The van der Waals surface area contributed by atoms with Gasteiger partial charge in [-0.15, -0.1) is 0 Å². The van der Waals surface area contributed by atoms with Crippen molar-refractivity contribution in [2.75, 3.05) is 0 Å². The molecule has 0 radical (unpaired) electrons. The number of phenolic OH excluding ortho intramolecular Hbond substituents is 2. The van der Waals surface area contributed by atoms with E-state index in [1.807, 2.05) is 0 Å². The largest absolute Gasteiger partial charge is 0.504 e. The summed E-state index contributed by atoms with van der Waals surface area (Å²) in [4.78, 5) is 22.5. The molecule has 6 nitrogen and oxygen atoms in total. The van der Waals surface area contributed by atoms with Gasteiger partial charge in [-0.05, 0) is 32.4 Å². The van der Waals surface area contributed by atoms with Crippen molar-refractivity contribution in [2.24, 2.45) is 0 Å². The van der Waals surface area contributed by atoms with Crippen LogP contribution in [0, 0.1) is 0 Å². The lowest BCUT2D eigenvalue weighted by atomic mass is 9.97. The Balaban J connectivity index is 2.79. The fourth-order valence-corrected chi connectivity index (χ4v) is 1.57. The highest BCUT2D eigenvalue weighted by Gasteiger charge is 2.24. The molecule has 1 aromatic carbocycles. The topological polar surface area (TPSA) is 107 Å². The molecule has 0 spiro atoms. The zero-order valence-electron chi connectivity index (χ0n) is 10.8. The molecule has 6 heteroatoms. The van der Waals surface area contributed by atoms with Crippen molar-refractivity contribution in [3.8, 4) is 11.5 Å². The molecule has 0 bridgehead atoms. The van der Waals surface area contributed by atoms with Gasteiger partial charge in [0.25, 0.3) is 5.91 Å². The molecular formula is C13H17NO5. The van der Waals surface area contributed by atoms with Crippen molar-refractivity contribution in [2.45, 2.75) is 32.2 Å². The predicted octanol–water partition coefficient (Wildman–Crippen LogP) is 1.47. The Hall–Kier alpha value is -2.24. The number of hydrogen-bond acceptors (Lipinski definition) is 4. The number of carboxylic acid groups (broad SMARTS) is 1. The molecule has 0 aliphatic heterocycles. The van der Waals surface area contributed by atoms with Crippen molar-refractivity contribution >= 4 is 11.9 Å². The van der Waals surface area contributed by atoms with Gasteiger partial charge < -0.3 is 20.6 Å². The molecule has 0 aliphatic carbocycles. The Kier molecular flexibility index (Phi) is 4.37. The Labute approximate surface area is 110 Å². The number of rotatable bonds is 5. The zero-order valence-corrected chi connectivity index (χ0v) is 10.8. The molecule has 0 unspecified atom stereocenters. The Morgan fingerprint density at radius 1 is 1.26 bits per heavy atom. The second kappa shape index (κ2) is 5.60. The first-order valence-corrected chi connectivity index (χ1v) is 5.78. The van der Waals surface area contributed by atoms with E-state index in [9.17, 15) is 19.8 Å². The molecule has 1 aromatic rings. The quantitative estimate of drug-likeness (QED) is 0.604. The molecule has 0 aliphatic rings. The summed E-state index contributed by atoms with van der Waals surface area (Å²) >= 11 is 0. The lowest BCUT2D eigenvalue weighted by Crippen LogP contribution is -2.43. The maximum absolute atomic E-state index is 11.9. The SMILES string of the molecule is CC(C)(CCC(=O)O)NC(=O)c1cccc(O)c1O. The summed E-state index contributed by atoms with van der Waals surface area (Å²) in [6, 6.07) is 4.08. The third kappa shape index (κ3) is 4.17. The van der Waals surface area contributed by atoms with Gasteiger partial charge in [0.05, 0.1) is 5.56 Å². The molecule has 0 saturated heterocycles. The van der Waals surface area contributed by atoms with Gasteiger partial charge in [-0.3, -0.25) is 9.59 Å². The molecule has 1 amide bonds. The number of amides is 1. The average Bonchev–Trinajstić information content (AvgIpc) is 2.29. The van der Waals surface area contributed by atoms with Gasteiger partial charge in [-0.2, -0.15) is 0 Å². The molecule has 0 atom stereocenters. The molecule has 0 heterocycles. The van der Waals surface area contributed by atoms with E-state index in [-0.39, 0.29) is 24.2 Å². The number of carbonyl (C=O) groups excluding carboxylic acids is 1. The number of nitrogens with one attached hydrogen (secondary N) is 1. The van der Waals surface area contributed by atoms with Crippen LogP contribution in [0.3, 0.4) is 0 Å². The smallest absolute Gasteiger partial charge is 0.303 e. The van der Waals surface area contributed by atoms with Crippen LogP contribution in [-0.2, 0) is 4.79 Å². The van der Waals surface area contributed by atoms with Crippen molar-refractivity contribution in [1.29, 1.82) is 0 Å². The Bertz CT molecular complexity index is 496. The van der Waals surface area contributed by atoms with Crippen molar-refractivity contribution in [1.82, 2.24) is 5.32 Å². The molecule has 4 N–H and O–H groups in total. The van der Waals surface area contributed by atoms with Crippen molar-refractivity contribution < 1.29 is 24.9 Å². The van der Waals surface area contributed by atoms with Crippen LogP contribution >= 0.6 is 0 Å². The highest BCUT2D eigenvalue weighted by Crippen LogP contribution is 2.28. The summed E-state index contributed by atoms with van der Waals surface area (Å²) in [5.41, 5.74) is -0.781. The molecule has 0 fully saturated rings.